The number of rotatable bonds is 11. The van der Waals surface area contributed by atoms with Crippen LogP contribution in [0.25, 0.3) is 11.0 Å². The lowest BCUT2D eigenvalue weighted by molar-refractivity contribution is 0.0982. The predicted octanol–water partition coefficient (Wildman–Crippen LogP) is 5.13. The third-order valence-corrected chi connectivity index (χ3v) is 11.0. The van der Waals surface area contributed by atoms with Gasteiger partial charge in [0.2, 0.25) is 16.0 Å². The molecule has 2 fully saturated rings. The van der Waals surface area contributed by atoms with Gasteiger partial charge in [0.1, 0.15) is 22.0 Å². The Hall–Kier alpha value is -3.98. The van der Waals surface area contributed by atoms with Gasteiger partial charge in [-0.2, -0.15) is 4.98 Å². The van der Waals surface area contributed by atoms with Gasteiger partial charge in [-0.1, -0.05) is 18.5 Å². The number of nitrogens with zero attached hydrogens (tertiary/aromatic N) is 8. The van der Waals surface area contributed by atoms with Gasteiger partial charge in [-0.15, -0.1) is 0 Å². The molecule has 2 N–H and O–H groups in total. The number of fused-ring (bicyclic) bond motifs is 1. The maximum absolute atomic E-state index is 12.8. The van der Waals surface area contributed by atoms with Crippen LogP contribution in [0.15, 0.2) is 42.9 Å². The van der Waals surface area contributed by atoms with Gasteiger partial charge in [0.25, 0.3) is 0 Å². The van der Waals surface area contributed by atoms with Crippen LogP contribution in [0.3, 0.4) is 0 Å². The van der Waals surface area contributed by atoms with Crippen molar-refractivity contribution in [1.29, 1.82) is 0 Å². The molecule has 13 nitrogen and oxygen atoms in total. The molecule has 4 aromatic rings. The van der Waals surface area contributed by atoms with Crippen molar-refractivity contribution >= 4 is 67.2 Å². The Morgan fingerprint density at radius 1 is 0.980 bits per heavy atom. The van der Waals surface area contributed by atoms with Crippen molar-refractivity contribution in [2.75, 3.05) is 86.1 Å². The summed E-state index contributed by atoms with van der Waals surface area (Å²) < 4.78 is 32.8. The minimum atomic E-state index is -3.64. The summed E-state index contributed by atoms with van der Waals surface area (Å²) in [6.07, 6.45) is 8.91. The quantitative estimate of drug-likeness (QED) is 0.214. The molecule has 49 heavy (non-hydrogen) atoms. The summed E-state index contributed by atoms with van der Waals surface area (Å²) in [6, 6.07) is 8.37. The zero-order chi connectivity index (χ0) is 34.7. The first-order valence-electron chi connectivity index (χ1n) is 16.8. The molecule has 262 valence electrons. The molecule has 0 aliphatic carbocycles. The number of halogens is 1. The van der Waals surface area contributed by atoms with Crippen molar-refractivity contribution in [2.45, 2.75) is 39.2 Å². The standard InChI is InChI=1S/C34H45ClN10O3S/c1-6-23-20-28(30(48-4)21-29(23)44-14-10-24(11-15-44)43-18-16-42(3)17-19-43)40-34-38-22-25(35)33(41-34)39-27-9-8-26-31(37-13-12-36-26)32(27)45(7-2)49(5,46)47/h8-9,12-13,20-22,24H,6-7,10-11,14-19H2,1-5H3,(H2,38,39,40,41). The van der Waals surface area contributed by atoms with Crippen molar-refractivity contribution in [2.24, 2.45) is 0 Å². The first-order valence-corrected chi connectivity index (χ1v) is 19.0. The molecular formula is C34H45ClN10O3S. The number of piperidine rings is 1. The van der Waals surface area contributed by atoms with Gasteiger partial charge >= 0.3 is 0 Å². The van der Waals surface area contributed by atoms with Gasteiger partial charge in [-0.05, 0) is 57.0 Å². The Morgan fingerprint density at radius 2 is 1.71 bits per heavy atom. The third-order valence-electron chi connectivity index (χ3n) is 9.44. The molecule has 2 aliphatic rings. The number of nitrogens with one attached hydrogen (secondary N) is 2. The van der Waals surface area contributed by atoms with Crippen molar-refractivity contribution in [1.82, 2.24) is 29.7 Å². The number of likely N-dealkylation sites (N-methyl/N-ethyl adjacent to an activating group) is 1. The van der Waals surface area contributed by atoms with Gasteiger partial charge in [0, 0.05) is 76.0 Å². The van der Waals surface area contributed by atoms with E-state index in [0.29, 0.717) is 46.0 Å². The lowest BCUT2D eigenvalue weighted by atomic mass is 9.99. The molecule has 2 saturated heterocycles. The lowest BCUT2D eigenvalue weighted by Crippen LogP contribution is -2.52. The van der Waals surface area contributed by atoms with Gasteiger partial charge in [0.05, 0.1) is 36.5 Å². The number of ether oxygens (including phenoxy) is 1. The maximum atomic E-state index is 12.8. The van der Waals surface area contributed by atoms with E-state index < -0.39 is 10.0 Å². The van der Waals surface area contributed by atoms with Crippen molar-refractivity contribution in [3.8, 4) is 5.75 Å². The molecule has 0 bridgehead atoms. The molecule has 0 saturated carbocycles. The summed E-state index contributed by atoms with van der Waals surface area (Å²) in [5, 5.41) is 6.83. The van der Waals surface area contributed by atoms with Crippen LogP contribution >= 0.6 is 11.6 Å². The number of aryl methyl sites for hydroxylation is 1. The van der Waals surface area contributed by atoms with Gasteiger partial charge in [-0.3, -0.25) is 19.2 Å². The molecule has 0 atom stereocenters. The van der Waals surface area contributed by atoms with Crippen LogP contribution in [-0.2, 0) is 16.4 Å². The summed E-state index contributed by atoms with van der Waals surface area (Å²) in [5.74, 6) is 1.27. The van der Waals surface area contributed by atoms with Crippen LogP contribution in [0.2, 0.25) is 5.02 Å². The maximum Gasteiger partial charge on any atom is 0.232 e. The first-order chi connectivity index (χ1) is 23.6. The first kappa shape index (κ1) is 34.9. The molecule has 4 heterocycles. The van der Waals surface area contributed by atoms with Gasteiger partial charge in [0.15, 0.2) is 5.82 Å². The molecule has 0 amide bonds. The van der Waals surface area contributed by atoms with E-state index in [1.165, 1.54) is 27.9 Å². The minimum absolute atomic E-state index is 0.192. The Balaban J connectivity index is 1.25. The lowest BCUT2D eigenvalue weighted by Gasteiger charge is -2.43. The minimum Gasteiger partial charge on any atom is -0.494 e. The number of hydrogen-bond donors (Lipinski definition) is 2. The van der Waals surface area contributed by atoms with Crippen LogP contribution in [0.5, 0.6) is 5.75 Å². The van der Waals surface area contributed by atoms with Crippen LogP contribution in [0, 0.1) is 0 Å². The van der Waals surface area contributed by atoms with E-state index >= 15 is 0 Å². The van der Waals surface area contributed by atoms with Crippen molar-refractivity contribution in [3.63, 3.8) is 0 Å². The predicted molar refractivity (Wildman–Crippen MR) is 198 cm³/mol. The average molecular weight is 709 g/mol. The highest BCUT2D eigenvalue weighted by molar-refractivity contribution is 7.92. The third kappa shape index (κ3) is 7.62. The van der Waals surface area contributed by atoms with Crippen LogP contribution < -0.4 is 24.6 Å². The van der Waals surface area contributed by atoms with Crippen molar-refractivity contribution in [3.05, 3.63) is 53.4 Å². The fourth-order valence-electron chi connectivity index (χ4n) is 6.81. The fraction of sp³-hybridized carbons (Fsp3) is 0.471. The largest absolute Gasteiger partial charge is 0.494 e. The average Bonchev–Trinajstić information content (AvgIpc) is 3.10. The summed E-state index contributed by atoms with van der Waals surface area (Å²) in [4.78, 5) is 25.5. The van der Waals surface area contributed by atoms with Crippen LogP contribution in [0.4, 0.5) is 34.5 Å². The van der Waals surface area contributed by atoms with E-state index in [9.17, 15) is 8.42 Å². The Labute approximate surface area is 293 Å². The highest BCUT2D eigenvalue weighted by atomic mass is 35.5. The Kier molecular flexibility index (Phi) is 10.6. The number of benzene rings is 2. The van der Waals surface area contributed by atoms with Crippen LogP contribution in [0.1, 0.15) is 32.3 Å². The summed E-state index contributed by atoms with van der Waals surface area (Å²) >= 11 is 6.59. The van der Waals surface area contributed by atoms with E-state index in [0.717, 1.165) is 70.5 Å². The molecule has 0 unspecified atom stereocenters. The number of aromatic nitrogens is 4. The SMILES string of the molecule is CCc1cc(Nc2ncc(Cl)c(Nc3ccc4nccnc4c3N(CC)S(C)(=O)=O)n2)c(OC)cc1N1CCC(N2CCN(C)CC2)CC1. The number of hydrogen-bond acceptors (Lipinski definition) is 12. The molecule has 2 aromatic carbocycles. The smallest absolute Gasteiger partial charge is 0.232 e. The zero-order valence-corrected chi connectivity index (χ0v) is 30.4. The second-order valence-electron chi connectivity index (χ2n) is 12.5. The number of methoxy groups -OCH3 is 1. The highest BCUT2D eigenvalue weighted by Crippen LogP contribution is 2.39. The summed E-state index contributed by atoms with van der Waals surface area (Å²) in [5.41, 5.74) is 4.94. The van der Waals surface area contributed by atoms with Gasteiger partial charge < -0.3 is 25.2 Å². The number of anilines is 6. The number of piperazine rings is 1. The Morgan fingerprint density at radius 3 is 2.39 bits per heavy atom. The molecular weight excluding hydrogens is 664 g/mol. The van der Waals surface area contributed by atoms with E-state index in [4.69, 9.17) is 16.3 Å². The molecule has 6 rings (SSSR count). The van der Waals surface area contributed by atoms with E-state index in [2.05, 4.69) is 71.4 Å². The second kappa shape index (κ2) is 14.9. The number of sulfonamides is 1. The summed E-state index contributed by atoms with van der Waals surface area (Å²) in [6.45, 7) is 10.7. The van der Waals surface area contributed by atoms with E-state index in [1.54, 1.807) is 32.4 Å². The molecule has 2 aliphatic heterocycles. The molecule has 0 radical (unpaired) electrons. The highest BCUT2D eigenvalue weighted by Gasteiger charge is 2.28. The molecule has 15 heteroatoms. The van der Waals surface area contributed by atoms with Crippen molar-refractivity contribution < 1.29 is 13.2 Å². The monoisotopic (exact) mass is 708 g/mol. The van der Waals surface area contributed by atoms with E-state index in [1.807, 2.05) is 0 Å². The van der Waals surface area contributed by atoms with Gasteiger partial charge in [-0.25, -0.2) is 13.4 Å². The summed E-state index contributed by atoms with van der Waals surface area (Å²) in [7, 11) is 0.223. The topological polar surface area (TPSA) is 132 Å². The van der Waals surface area contributed by atoms with E-state index in [-0.39, 0.29) is 11.6 Å². The Bertz CT molecular complexity index is 1900. The fourth-order valence-corrected chi connectivity index (χ4v) is 7.94. The molecule has 0 spiro atoms. The second-order valence-corrected chi connectivity index (χ2v) is 14.9. The van der Waals surface area contributed by atoms with Crippen LogP contribution in [-0.4, -0.2) is 110 Å². The normalized spacial score (nSPS) is 16.6. The molecule has 2 aromatic heterocycles. The zero-order valence-electron chi connectivity index (χ0n) is 28.8.